The summed E-state index contributed by atoms with van der Waals surface area (Å²) in [6, 6.07) is 28.8. The third kappa shape index (κ3) is 5.75. The summed E-state index contributed by atoms with van der Waals surface area (Å²) in [5.74, 6) is -0.127. The van der Waals surface area contributed by atoms with Gasteiger partial charge >= 0.3 is 0 Å². The maximum absolute atomic E-state index is 12.6. The molecule has 6 rings (SSSR count). The Morgan fingerprint density at radius 3 is 2.43 bits per heavy atom. The molecule has 0 amide bonds. The van der Waals surface area contributed by atoms with Gasteiger partial charge in [-0.3, -0.25) is 0 Å². The zero-order valence-corrected chi connectivity index (χ0v) is 24.4. The SMILES string of the molecule is C.COc1nc2ccc(S(C)(=O)=O)cc2cc1C(c1ccc(Cl)cc1)C1(O)CCNC(c2ccc3ccccc3c2)C1. The van der Waals surface area contributed by atoms with Crippen LogP contribution in [0.25, 0.3) is 21.7 Å². The molecule has 0 radical (unpaired) electrons. The number of benzene rings is 4. The first kappa shape index (κ1) is 30.0. The van der Waals surface area contributed by atoms with Gasteiger partial charge in [0.25, 0.3) is 0 Å². The van der Waals surface area contributed by atoms with Gasteiger partial charge in [-0.15, -0.1) is 0 Å². The van der Waals surface area contributed by atoms with Crippen molar-refractivity contribution in [3.05, 3.63) is 113 Å². The summed E-state index contributed by atoms with van der Waals surface area (Å²) in [4.78, 5) is 4.96. The van der Waals surface area contributed by atoms with Crippen LogP contribution in [-0.2, 0) is 9.84 Å². The average Bonchev–Trinajstić information content (AvgIpc) is 2.97. The third-order valence-electron chi connectivity index (χ3n) is 8.13. The Kier molecular flexibility index (Phi) is 8.32. The molecule has 0 bridgehead atoms. The minimum absolute atomic E-state index is 0. The van der Waals surface area contributed by atoms with E-state index < -0.39 is 21.4 Å². The van der Waals surface area contributed by atoms with Crippen molar-refractivity contribution in [2.45, 2.75) is 42.7 Å². The standard InChI is InChI=1S/C33H31ClN2O4S.CH4/c1-40-32-28(19-25-18-27(41(2,38)39)13-14-29(25)36-32)31(22-9-11-26(34)12-10-22)33(37)15-16-35-30(20-33)24-8-7-21-5-3-4-6-23(21)17-24;/h3-14,17-19,30-31,35,37H,15-16,20H2,1-2H3;1H4. The van der Waals surface area contributed by atoms with E-state index in [0.29, 0.717) is 46.8 Å². The number of halogens is 1. The van der Waals surface area contributed by atoms with Crippen LogP contribution in [0.2, 0.25) is 5.02 Å². The summed E-state index contributed by atoms with van der Waals surface area (Å²) < 4.78 is 30.4. The summed E-state index contributed by atoms with van der Waals surface area (Å²) in [5.41, 5.74) is 2.11. The van der Waals surface area contributed by atoms with Crippen molar-refractivity contribution in [2.24, 2.45) is 0 Å². The molecule has 218 valence electrons. The molecule has 8 heteroatoms. The zero-order valence-electron chi connectivity index (χ0n) is 22.8. The first-order chi connectivity index (χ1) is 19.6. The number of rotatable bonds is 6. The smallest absolute Gasteiger partial charge is 0.217 e. The topological polar surface area (TPSA) is 88.5 Å². The molecule has 1 aromatic heterocycles. The highest BCUT2D eigenvalue weighted by molar-refractivity contribution is 7.90. The van der Waals surface area contributed by atoms with Crippen molar-refractivity contribution in [3.63, 3.8) is 0 Å². The Morgan fingerprint density at radius 1 is 0.976 bits per heavy atom. The predicted octanol–water partition coefficient (Wildman–Crippen LogP) is 7.08. The maximum atomic E-state index is 12.6. The van der Waals surface area contributed by atoms with Crippen LogP contribution in [0.3, 0.4) is 0 Å². The molecule has 0 saturated carbocycles. The Labute approximate surface area is 252 Å². The summed E-state index contributed by atoms with van der Waals surface area (Å²) in [7, 11) is -1.86. The Hall–Kier alpha value is -3.49. The summed E-state index contributed by atoms with van der Waals surface area (Å²) in [6.45, 7) is 0.611. The van der Waals surface area contributed by atoms with Crippen molar-refractivity contribution in [2.75, 3.05) is 19.9 Å². The van der Waals surface area contributed by atoms with Crippen LogP contribution in [0.5, 0.6) is 5.88 Å². The molecule has 5 aromatic rings. The lowest BCUT2D eigenvalue weighted by atomic mass is 9.70. The van der Waals surface area contributed by atoms with E-state index >= 15 is 0 Å². The normalized spacial score (nSPS) is 19.8. The summed E-state index contributed by atoms with van der Waals surface area (Å²) in [6.07, 6.45) is 2.13. The van der Waals surface area contributed by atoms with Gasteiger partial charge in [-0.1, -0.05) is 67.6 Å². The number of hydrogen-bond donors (Lipinski definition) is 2. The van der Waals surface area contributed by atoms with Gasteiger partial charge in [0.2, 0.25) is 5.88 Å². The van der Waals surface area contributed by atoms with Gasteiger partial charge in [-0.25, -0.2) is 13.4 Å². The molecule has 1 aliphatic rings. The third-order valence-corrected chi connectivity index (χ3v) is 9.50. The van der Waals surface area contributed by atoms with Crippen LogP contribution in [0.15, 0.2) is 95.9 Å². The summed E-state index contributed by atoms with van der Waals surface area (Å²) >= 11 is 6.26. The van der Waals surface area contributed by atoms with E-state index in [0.717, 1.165) is 16.5 Å². The van der Waals surface area contributed by atoms with Crippen LogP contribution in [0.4, 0.5) is 0 Å². The molecule has 2 N–H and O–H groups in total. The van der Waals surface area contributed by atoms with E-state index in [1.807, 2.05) is 42.5 Å². The van der Waals surface area contributed by atoms with Crippen molar-refractivity contribution >= 4 is 43.1 Å². The number of aliphatic hydroxyl groups is 1. The van der Waals surface area contributed by atoms with Gasteiger partial charge < -0.3 is 15.2 Å². The van der Waals surface area contributed by atoms with E-state index in [1.165, 1.54) is 11.6 Å². The molecule has 1 fully saturated rings. The highest BCUT2D eigenvalue weighted by Crippen LogP contribution is 2.47. The first-order valence-corrected chi connectivity index (χ1v) is 15.8. The molecule has 42 heavy (non-hydrogen) atoms. The van der Waals surface area contributed by atoms with Crippen LogP contribution < -0.4 is 10.1 Å². The number of piperidine rings is 1. The first-order valence-electron chi connectivity index (χ1n) is 13.5. The van der Waals surface area contributed by atoms with E-state index in [9.17, 15) is 13.5 Å². The van der Waals surface area contributed by atoms with Crippen LogP contribution in [0, 0.1) is 0 Å². The number of sulfone groups is 1. The lowest BCUT2D eigenvalue weighted by Gasteiger charge is -2.43. The monoisotopic (exact) mass is 602 g/mol. The summed E-state index contributed by atoms with van der Waals surface area (Å²) in [5, 5.41) is 19.8. The Bertz CT molecular complexity index is 1860. The number of fused-ring (bicyclic) bond motifs is 2. The molecule has 6 nitrogen and oxygen atoms in total. The number of pyridine rings is 1. The highest BCUT2D eigenvalue weighted by atomic mass is 35.5. The highest BCUT2D eigenvalue weighted by Gasteiger charge is 2.44. The van der Waals surface area contributed by atoms with E-state index in [4.69, 9.17) is 21.3 Å². The van der Waals surface area contributed by atoms with E-state index in [-0.39, 0.29) is 18.4 Å². The largest absolute Gasteiger partial charge is 0.481 e. The second-order valence-corrected chi connectivity index (χ2v) is 13.3. The molecule has 0 spiro atoms. The minimum atomic E-state index is -3.42. The average molecular weight is 603 g/mol. The Balaban J connectivity index is 0.00000353. The fraction of sp³-hybridized carbons (Fsp3) is 0.265. The van der Waals surface area contributed by atoms with Gasteiger partial charge in [0.05, 0.1) is 23.1 Å². The lowest BCUT2D eigenvalue weighted by Crippen LogP contribution is -2.48. The number of hydrogen-bond acceptors (Lipinski definition) is 6. The molecule has 3 unspecified atom stereocenters. The van der Waals surface area contributed by atoms with Crippen molar-refractivity contribution < 1.29 is 18.3 Å². The van der Waals surface area contributed by atoms with E-state index in [1.54, 1.807) is 25.3 Å². The molecule has 1 saturated heterocycles. The number of nitrogens with one attached hydrogen (secondary N) is 1. The number of aromatic nitrogens is 1. The molecule has 4 aromatic carbocycles. The molecule has 0 aliphatic carbocycles. The Morgan fingerprint density at radius 2 is 1.71 bits per heavy atom. The molecule has 2 heterocycles. The maximum Gasteiger partial charge on any atom is 0.217 e. The van der Waals surface area contributed by atoms with Crippen LogP contribution >= 0.6 is 11.6 Å². The van der Waals surface area contributed by atoms with Gasteiger partial charge in [-0.2, -0.15) is 0 Å². The van der Waals surface area contributed by atoms with Crippen LogP contribution in [0.1, 0.15) is 48.9 Å². The molecule has 1 aliphatic heterocycles. The van der Waals surface area contributed by atoms with Gasteiger partial charge in [-0.05, 0) is 83.8 Å². The van der Waals surface area contributed by atoms with Gasteiger partial charge in [0.1, 0.15) is 0 Å². The van der Waals surface area contributed by atoms with E-state index in [2.05, 4.69) is 35.6 Å². The predicted molar refractivity (Wildman–Crippen MR) is 170 cm³/mol. The molecular formula is C34H35ClN2O4S. The van der Waals surface area contributed by atoms with Crippen molar-refractivity contribution in [1.82, 2.24) is 10.3 Å². The lowest BCUT2D eigenvalue weighted by molar-refractivity contribution is -0.0196. The molecular weight excluding hydrogens is 568 g/mol. The number of methoxy groups -OCH3 is 1. The molecule has 3 atom stereocenters. The number of nitrogens with zero attached hydrogens (tertiary/aromatic N) is 1. The van der Waals surface area contributed by atoms with Gasteiger partial charge in [0, 0.05) is 34.2 Å². The second kappa shape index (κ2) is 11.7. The van der Waals surface area contributed by atoms with Crippen molar-refractivity contribution in [1.29, 1.82) is 0 Å². The fourth-order valence-electron chi connectivity index (χ4n) is 6.10. The quantitative estimate of drug-likeness (QED) is 0.216. The minimum Gasteiger partial charge on any atom is -0.481 e. The zero-order chi connectivity index (χ0) is 28.8. The van der Waals surface area contributed by atoms with Crippen molar-refractivity contribution in [3.8, 4) is 5.88 Å². The van der Waals surface area contributed by atoms with Crippen LogP contribution in [-0.4, -0.2) is 44.0 Å². The fourth-order valence-corrected chi connectivity index (χ4v) is 6.88. The van der Waals surface area contributed by atoms with Gasteiger partial charge in [0.15, 0.2) is 9.84 Å². The second-order valence-electron chi connectivity index (χ2n) is 10.9. The number of ether oxygens (including phenoxy) is 1.